The third-order valence-corrected chi connectivity index (χ3v) is 5.74. The van der Waals surface area contributed by atoms with Gasteiger partial charge >= 0.3 is 12.2 Å². The fourth-order valence-electron chi connectivity index (χ4n) is 3.82. The molecule has 9 nitrogen and oxygen atoms in total. The molecule has 1 aliphatic heterocycles. The number of amides is 2. The molecule has 182 valence electrons. The maximum absolute atomic E-state index is 14.0. The molecule has 1 aliphatic rings. The van der Waals surface area contributed by atoms with E-state index in [1.165, 1.54) is 66.0 Å². The largest absolute Gasteiger partial charge is 0.459 e. The van der Waals surface area contributed by atoms with Gasteiger partial charge in [-0.05, 0) is 36.4 Å². The molecular weight excluding hydrogens is 495 g/mol. The molecule has 0 spiro atoms. The second-order valence-corrected chi connectivity index (χ2v) is 8.13. The van der Waals surface area contributed by atoms with E-state index in [4.69, 9.17) is 16.0 Å². The first-order chi connectivity index (χ1) is 16.4. The molecule has 0 unspecified atom stereocenters. The molecule has 1 fully saturated rings. The highest BCUT2D eigenvalue weighted by atomic mass is 35.5. The number of carbonyl (C=O) groups is 2. The van der Waals surface area contributed by atoms with Crippen LogP contribution in [0.3, 0.4) is 0 Å². The number of ketones is 1. The number of halogens is 4. The fourth-order valence-corrected chi connectivity index (χ4v) is 3.94. The van der Waals surface area contributed by atoms with Crippen LogP contribution < -0.4 is 10.6 Å². The van der Waals surface area contributed by atoms with Crippen molar-refractivity contribution in [2.75, 3.05) is 0 Å². The van der Waals surface area contributed by atoms with Gasteiger partial charge in [-0.15, -0.1) is 0 Å². The Morgan fingerprint density at radius 3 is 2.46 bits per heavy atom. The molecule has 4 rings (SSSR count). The Kier molecular flexibility index (Phi) is 6.03. The molecule has 1 saturated heterocycles. The highest BCUT2D eigenvalue weighted by Gasteiger charge is 2.66. The normalized spacial score (nSPS) is 22.3. The molecule has 0 radical (unpaired) electrons. The number of urea groups is 1. The van der Waals surface area contributed by atoms with Crippen molar-refractivity contribution < 1.29 is 37.2 Å². The molecule has 13 heteroatoms. The van der Waals surface area contributed by atoms with E-state index in [-0.39, 0.29) is 33.4 Å². The van der Waals surface area contributed by atoms with E-state index >= 15 is 0 Å². The van der Waals surface area contributed by atoms with Crippen molar-refractivity contribution in [1.82, 2.24) is 10.6 Å². The Bertz CT molecular complexity index is 1310. The SMILES string of the molecule is O=C1N[C@H](c2ccc(-c3cccc([N+](=O)[O-])c3)o2)[C@@H](C(=O)c2ccc(Cl)cc2)[C@@](O)(C(F)(F)F)N1. The van der Waals surface area contributed by atoms with Crippen LogP contribution in [-0.2, 0) is 0 Å². The van der Waals surface area contributed by atoms with Gasteiger partial charge < -0.3 is 20.2 Å². The molecule has 0 aliphatic carbocycles. The second kappa shape index (κ2) is 8.71. The number of carbonyl (C=O) groups excluding carboxylic acids is 2. The minimum atomic E-state index is -5.44. The molecule has 2 amide bonds. The van der Waals surface area contributed by atoms with Crippen LogP contribution in [0.4, 0.5) is 23.7 Å². The zero-order valence-electron chi connectivity index (χ0n) is 17.4. The van der Waals surface area contributed by atoms with Crippen LogP contribution in [0, 0.1) is 16.0 Å². The number of hydrogen-bond donors (Lipinski definition) is 3. The lowest BCUT2D eigenvalue weighted by atomic mass is 9.79. The van der Waals surface area contributed by atoms with Gasteiger partial charge in [-0.1, -0.05) is 23.7 Å². The van der Waals surface area contributed by atoms with Gasteiger partial charge in [0.25, 0.3) is 5.69 Å². The summed E-state index contributed by atoms with van der Waals surface area (Å²) in [5.41, 5.74) is -4.15. The number of furan rings is 1. The van der Waals surface area contributed by atoms with Gasteiger partial charge in [0.15, 0.2) is 5.78 Å². The molecule has 2 heterocycles. The average molecular weight is 510 g/mol. The van der Waals surface area contributed by atoms with E-state index in [2.05, 4.69) is 5.32 Å². The Morgan fingerprint density at radius 2 is 1.83 bits per heavy atom. The highest BCUT2D eigenvalue weighted by molar-refractivity contribution is 6.30. The Balaban J connectivity index is 1.80. The first kappa shape index (κ1) is 24.2. The Labute approximate surface area is 199 Å². The quantitative estimate of drug-likeness (QED) is 0.261. The van der Waals surface area contributed by atoms with Gasteiger partial charge in [0, 0.05) is 28.3 Å². The molecular formula is C22H15ClF3N3O6. The molecule has 3 aromatic rings. The van der Waals surface area contributed by atoms with Gasteiger partial charge in [0.05, 0.1) is 4.92 Å². The lowest BCUT2D eigenvalue weighted by Gasteiger charge is -2.44. The lowest BCUT2D eigenvalue weighted by Crippen LogP contribution is -2.72. The van der Waals surface area contributed by atoms with Crippen LogP contribution in [0.15, 0.2) is 65.1 Å². The zero-order valence-corrected chi connectivity index (χ0v) is 18.1. The van der Waals surface area contributed by atoms with E-state index in [0.29, 0.717) is 0 Å². The van der Waals surface area contributed by atoms with Crippen LogP contribution in [0.2, 0.25) is 5.02 Å². The van der Waals surface area contributed by atoms with E-state index in [0.717, 1.165) is 0 Å². The van der Waals surface area contributed by atoms with Crippen molar-refractivity contribution in [2.24, 2.45) is 5.92 Å². The summed E-state index contributed by atoms with van der Waals surface area (Å²) in [5.74, 6) is -3.70. The topological polar surface area (TPSA) is 135 Å². The number of nitro groups is 1. The maximum Gasteiger partial charge on any atom is 0.437 e. The molecule has 1 aromatic heterocycles. The predicted molar refractivity (Wildman–Crippen MR) is 115 cm³/mol. The number of aliphatic hydroxyl groups is 1. The minimum Gasteiger partial charge on any atom is -0.459 e. The first-order valence-corrected chi connectivity index (χ1v) is 10.3. The van der Waals surface area contributed by atoms with Crippen LogP contribution in [-0.4, -0.2) is 33.7 Å². The predicted octanol–water partition coefficient (Wildman–Crippen LogP) is 4.61. The molecule has 3 atom stereocenters. The lowest BCUT2D eigenvalue weighted by molar-refractivity contribution is -0.384. The summed E-state index contributed by atoms with van der Waals surface area (Å²) in [7, 11) is 0. The van der Waals surface area contributed by atoms with Crippen molar-refractivity contribution in [3.05, 3.63) is 87.1 Å². The van der Waals surface area contributed by atoms with Crippen molar-refractivity contribution in [3.8, 4) is 11.3 Å². The summed E-state index contributed by atoms with van der Waals surface area (Å²) in [4.78, 5) is 35.8. The number of rotatable bonds is 5. The van der Waals surface area contributed by atoms with Gasteiger partial charge in [-0.2, -0.15) is 13.2 Å². The van der Waals surface area contributed by atoms with Gasteiger partial charge in [-0.3, -0.25) is 14.9 Å². The average Bonchev–Trinajstić information content (AvgIpc) is 3.28. The minimum absolute atomic E-state index is 0.0322. The van der Waals surface area contributed by atoms with E-state index in [9.17, 15) is 38.0 Å². The van der Waals surface area contributed by atoms with Gasteiger partial charge in [-0.25, -0.2) is 4.79 Å². The molecule has 0 saturated carbocycles. The number of nitro benzene ring substituents is 1. The van der Waals surface area contributed by atoms with Crippen LogP contribution in [0.25, 0.3) is 11.3 Å². The highest BCUT2D eigenvalue weighted by Crippen LogP contribution is 2.44. The van der Waals surface area contributed by atoms with E-state index in [1.54, 1.807) is 0 Å². The summed E-state index contributed by atoms with van der Waals surface area (Å²) >= 11 is 5.80. The molecule has 0 bridgehead atoms. The summed E-state index contributed by atoms with van der Waals surface area (Å²) in [6, 6.07) is 9.64. The summed E-state index contributed by atoms with van der Waals surface area (Å²) in [6.45, 7) is 0. The molecule has 2 aromatic carbocycles. The number of nitrogens with one attached hydrogen (secondary N) is 2. The summed E-state index contributed by atoms with van der Waals surface area (Å²) in [6.07, 6.45) is -5.44. The number of hydrogen-bond acceptors (Lipinski definition) is 6. The van der Waals surface area contributed by atoms with Gasteiger partial charge in [0.2, 0.25) is 5.72 Å². The van der Waals surface area contributed by atoms with Crippen molar-refractivity contribution in [2.45, 2.75) is 17.9 Å². The molecule has 35 heavy (non-hydrogen) atoms. The van der Waals surface area contributed by atoms with Crippen LogP contribution >= 0.6 is 11.6 Å². The zero-order chi connectivity index (χ0) is 25.5. The summed E-state index contributed by atoms with van der Waals surface area (Å²) < 4.78 is 47.6. The van der Waals surface area contributed by atoms with Crippen molar-refractivity contribution in [3.63, 3.8) is 0 Å². The van der Waals surface area contributed by atoms with Crippen LogP contribution in [0.1, 0.15) is 22.2 Å². The Hall–Kier alpha value is -3.90. The number of Topliss-reactive ketones (excluding diaryl/α,β-unsaturated/α-hetero) is 1. The van der Waals surface area contributed by atoms with Gasteiger partial charge in [0.1, 0.15) is 23.5 Å². The summed E-state index contributed by atoms with van der Waals surface area (Å²) in [5, 5.41) is 25.5. The number of non-ortho nitro benzene ring substituents is 1. The number of nitrogens with zero attached hydrogens (tertiary/aromatic N) is 1. The first-order valence-electron chi connectivity index (χ1n) is 9.93. The molecule has 3 N–H and O–H groups in total. The fraction of sp³-hybridized carbons (Fsp3) is 0.182. The monoisotopic (exact) mass is 509 g/mol. The van der Waals surface area contributed by atoms with Crippen molar-refractivity contribution in [1.29, 1.82) is 0 Å². The number of alkyl halides is 3. The van der Waals surface area contributed by atoms with Crippen LogP contribution in [0.5, 0.6) is 0 Å². The smallest absolute Gasteiger partial charge is 0.437 e. The third-order valence-electron chi connectivity index (χ3n) is 5.49. The standard InChI is InChI=1S/C22H15ClF3N3O6/c23-13-6-4-11(5-7-13)19(30)17-18(27-20(31)28-21(17,32)22(24,25)26)16-9-8-15(35-16)12-2-1-3-14(10-12)29(33)34/h1-10,17-18,32H,(H2,27,28,31)/t17-,18+,21+/m0/s1. The van der Waals surface area contributed by atoms with E-state index < -0.39 is 40.6 Å². The Morgan fingerprint density at radius 1 is 1.14 bits per heavy atom. The second-order valence-electron chi connectivity index (χ2n) is 7.70. The van der Waals surface area contributed by atoms with E-state index in [1.807, 2.05) is 0 Å². The number of benzene rings is 2. The maximum atomic E-state index is 14.0. The van der Waals surface area contributed by atoms with Crippen molar-refractivity contribution >= 4 is 29.1 Å². The third kappa shape index (κ3) is 4.45.